The van der Waals surface area contributed by atoms with Crippen molar-refractivity contribution < 1.29 is 37.0 Å². The van der Waals surface area contributed by atoms with Gasteiger partial charge in [-0.05, 0) is 125 Å². The fourth-order valence-electron chi connectivity index (χ4n) is 4.94. The maximum Gasteiger partial charge on any atom is 0.573 e. The molecule has 3 aromatic rings. The fourth-order valence-corrected chi connectivity index (χ4v) is 4.94. The van der Waals surface area contributed by atoms with Crippen molar-refractivity contribution in [3.8, 4) is 22.6 Å². The Balaban J connectivity index is 1.45. The standard InChI is InChI=1S/C34H38F3NO5/c1-22(32(40)43-33(2,3)4)38-31(39)25-12-9-23(10-13-25)11-14-27-21-26(17-20-30(27)41-28-7-5-6-8-28)24-15-18-29(19-16-24)42-34(35,36)37/h9-10,12-13,15-22,28H,5-8,11,14H2,1-4H3,(H,38,39)/t22-/m1/s1. The highest BCUT2D eigenvalue weighted by Crippen LogP contribution is 2.33. The zero-order valence-corrected chi connectivity index (χ0v) is 24.9. The van der Waals surface area contributed by atoms with Crippen molar-refractivity contribution in [3.63, 3.8) is 0 Å². The van der Waals surface area contributed by atoms with Gasteiger partial charge in [0.15, 0.2) is 0 Å². The quantitative estimate of drug-likeness (QED) is 0.241. The van der Waals surface area contributed by atoms with Crippen molar-refractivity contribution in [1.82, 2.24) is 5.32 Å². The molecule has 3 aromatic carbocycles. The average molecular weight is 598 g/mol. The number of alkyl halides is 3. The Morgan fingerprint density at radius 3 is 2.12 bits per heavy atom. The molecule has 0 radical (unpaired) electrons. The number of hydrogen-bond acceptors (Lipinski definition) is 5. The lowest BCUT2D eigenvalue weighted by Gasteiger charge is -2.22. The molecule has 0 bridgehead atoms. The largest absolute Gasteiger partial charge is 0.573 e. The van der Waals surface area contributed by atoms with Crippen LogP contribution in [-0.4, -0.2) is 36.0 Å². The zero-order valence-electron chi connectivity index (χ0n) is 24.9. The van der Waals surface area contributed by atoms with Crippen LogP contribution in [0.4, 0.5) is 13.2 Å². The lowest BCUT2D eigenvalue weighted by atomic mass is 9.97. The molecule has 0 aromatic heterocycles. The Hall–Kier alpha value is -4.01. The Kier molecular flexibility index (Phi) is 10.0. The second-order valence-corrected chi connectivity index (χ2v) is 11.8. The zero-order chi connectivity index (χ0) is 31.2. The van der Waals surface area contributed by atoms with Gasteiger partial charge in [0.25, 0.3) is 5.91 Å². The lowest BCUT2D eigenvalue weighted by Crippen LogP contribution is -2.42. The summed E-state index contributed by atoms with van der Waals surface area (Å²) in [6, 6.07) is 18.1. The van der Waals surface area contributed by atoms with E-state index in [1.54, 1.807) is 52.0 Å². The first-order valence-electron chi connectivity index (χ1n) is 14.5. The predicted octanol–water partition coefficient (Wildman–Crippen LogP) is 7.82. The third-order valence-corrected chi connectivity index (χ3v) is 7.08. The van der Waals surface area contributed by atoms with Gasteiger partial charge in [-0.1, -0.05) is 30.3 Å². The number of benzene rings is 3. The maximum absolute atomic E-state index is 12.7. The number of nitrogens with one attached hydrogen (secondary N) is 1. The summed E-state index contributed by atoms with van der Waals surface area (Å²) in [6.07, 6.45) is 1.07. The summed E-state index contributed by atoms with van der Waals surface area (Å²) in [5, 5.41) is 2.68. The van der Waals surface area contributed by atoms with E-state index in [4.69, 9.17) is 9.47 Å². The summed E-state index contributed by atoms with van der Waals surface area (Å²) in [5.41, 5.74) is 3.42. The summed E-state index contributed by atoms with van der Waals surface area (Å²) in [5.74, 6) is -0.327. The van der Waals surface area contributed by atoms with Crippen molar-refractivity contribution in [2.45, 2.75) is 90.3 Å². The molecule has 0 heterocycles. The Bertz CT molecular complexity index is 1390. The second-order valence-electron chi connectivity index (χ2n) is 11.8. The number of hydrogen-bond donors (Lipinski definition) is 1. The van der Waals surface area contributed by atoms with E-state index >= 15 is 0 Å². The molecule has 0 spiro atoms. The van der Waals surface area contributed by atoms with Crippen LogP contribution in [0.15, 0.2) is 66.7 Å². The topological polar surface area (TPSA) is 73.9 Å². The van der Waals surface area contributed by atoms with Gasteiger partial charge in [-0.2, -0.15) is 0 Å². The minimum absolute atomic E-state index is 0.171. The molecule has 4 rings (SSSR count). The lowest BCUT2D eigenvalue weighted by molar-refractivity contribution is -0.274. The first kappa shape index (κ1) is 31.9. The molecule has 9 heteroatoms. The van der Waals surface area contributed by atoms with E-state index in [9.17, 15) is 22.8 Å². The smallest absolute Gasteiger partial charge is 0.490 e. The van der Waals surface area contributed by atoms with Gasteiger partial charge in [0.1, 0.15) is 23.1 Å². The van der Waals surface area contributed by atoms with E-state index in [-0.39, 0.29) is 17.8 Å². The molecule has 1 aliphatic carbocycles. The monoisotopic (exact) mass is 597 g/mol. The van der Waals surface area contributed by atoms with Crippen LogP contribution in [0.2, 0.25) is 0 Å². The number of esters is 1. The molecule has 1 amide bonds. The normalized spacial score (nSPS) is 14.7. The van der Waals surface area contributed by atoms with Crippen molar-refractivity contribution >= 4 is 11.9 Å². The first-order valence-corrected chi connectivity index (χ1v) is 14.5. The van der Waals surface area contributed by atoms with Crippen LogP contribution < -0.4 is 14.8 Å². The molecule has 1 atom stereocenters. The highest BCUT2D eigenvalue weighted by molar-refractivity contribution is 5.96. The van der Waals surface area contributed by atoms with E-state index in [1.165, 1.54) is 12.1 Å². The molecular weight excluding hydrogens is 559 g/mol. The van der Waals surface area contributed by atoms with Gasteiger partial charge in [-0.3, -0.25) is 4.79 Å². The average Bonchev–Trinajstić information content (AvgIpc) is 3.44. The number of rotatable bonds is 10. The number of carbonyl (C=O) groups is 2. The summed E-state index contributed by atoms with van der Waals surface area (Å²) in [6.45, 7) is 6.90. The van der Waals surface area contributed by atoms with Crippen molar-refractivity contribution in [2.24, 2.45) is 0 Å². The van der Waals surface area contributed by atoms with Crippen molar-refractivity contribution in [2.75, 3.05) is 0 Å². The summed E-state index contributed by atoms with van der Waals surface area (Å²) in [4.78, 5) is 24.9. The summed E-state index contributed by atoms with van der Waals surface area (Å²) < 4.78 is 53.4. The van der Waals surface area contributed by atoms with Gasteiger partial charge in [0.2, 0.25) is 0 Å². The van der Waals surface area contributed by atoms with Crippen LogP contribution in [0.5, 0.6) is 11.5 Å². The summed E-state index contributed by atoms with van der Waals surface area (Å²) >= 11 is 0. The van der Waals surface area contributed by atoms with Crippen LogP contribution in [0.25, 0.3) is 11.1 Å². The van der Waals surface area contributed by atoms with Gasteiger partial charge < -0.3 is 19.5 Å². The fraction of sp³-hybridized carbons (Fsp3) is 0.412. The third-order valence-electron chi connectivity index (χ3n) is 7.08. The van der Waals surface area contributed by atoms with Gasteiger partial charge in [0, 0.05) is 5.56 Å². The Labute approximate surface area is 250 Å². The van der Waals surface area contributed by atoms with Crippen LogP contribution in [-0.2, 0) is 22.4 Å². The van der Waals surface area contributed by atoms with Crippen molar-refractivity contribution in [1.29, 1.82) is 0 Å². The molecule has 1 N–H and O–H groups in total. The molecule has 0 saturated heterocycles. The molecular formula is C34H38F3NO5. The second kappa shape index (κ2) is 13.5. The van der Waals surface area contributed by atoms with E-state index in [2.05, 4.69) is 10.1 Å². The number of halogens is 3. The predicted molar refractivity (Wildman–Crippen MR) is 158 cm³/mol. The van der Waals surface area contributed by atoms with Crippen LogP contribution >= 0.6 is 0 Å². The minimum atomic E-state index is -4.74. The number of amides is 1. The molecule has 0 unspecified atom stereocenters. The summed E-state index contributed by atoms with van der Waals surface area (Å²) in [7, 11) is 0. The van der Waals surface area contributed by atoms with Gasteiger partial charge in [-0.25, -0.2) is 4.79 Å². The van der Waals surface area contributed by atoms with Crippen LogP contribution in [0.3, 0.4) is 0 Å². The first-order chi connectivity index (χ1) is 20.3. The SMILES string of the molecule is C[C@@H](NC(=O)c1ccc(CCc2cc(-c3ccc(OC(F)(F)F)cc3)ccc2OC2CCCC2)cc1)C(=O)OC(C)(C)C. The molecule has 1 saturated carbocycles. The Morgan fingerprint density at radius 2 is 1.51 bits per heavy atom. The number of aryl methyl sites for hydroxylation is 2. The molecule has 6 nitrogen and oxygen atoms in total. The van der Waals surface area contributed by atoms with E-state index < -0.39 is 24.0 Å². The highest BCUT2D eigenvalue weighted by Gasteiger charge is 2.31. The van der Waals surface area contributed by atoms with Gasteiger partial charge >= 0.3 is 12.3 Å². The molecule has 0 aliphatic heterocycles. The number of carbonyl (C=O) groups excluding carboxylic acids is 2. The van der Waals surface area contributed by atoms with Crippen LogP contribution in [0, 0.1) is 0 Å². The van der Waals surface area contributed by atoms with E-state index in [0.717, 1.165) is 53.7 Å². The minimum Gasteiger partial charge on any atom is -0.490 e. The van der Waals surface area contributed by atoms with Crippen molar-refractivity contribution in [3.05, 3.63) is 83.4 Å². The Morgan fingerprint density at radius 1 is 0.884 bits per heavy atom. The van der Waals surface area contributed by atoms with E-state index in [1.807, 2.05) is 30.3 Å². The molecule has 1 aliphatic rings. The molecule has 1 fully saturated rings. The number of ether oxygens (including phenoxy) is 3. The van der Waals surface area contributed by atoms with Crippen LogP contribution in [0.1, 0.15) is 74.9 Å². The van der Waals surface area contributed by atoms with Gasteiger partial charge in [-0.15, -0.1) is 13.2 Å². The van der Waals surface area contributed by atoms with Gasteiger partial charge in [0.05, 0.1) is 6.10 Å². The molecule has 230 valence electrons. The highest BCUT2D eigenvalue weighted by atomic mass is 19.4. The molecule has 43 heavy (non-hydrogen) atoms. The van der Waals surface area contributed by atoms with E-state index in [0.29, 0.717) is 18.4 Å². The maximum atomic E-state index is 12.7. The third kappa shape index (κ3) is 9.76.